The molecular weight excluding hydrogens is 393 g/mol. The number of para-hydroxylation sites is 1. The molecule has 0 spiro atoms. The molecule has 1 aliphatic heterocycles. The largest absolute Gasteiger partial charge is 0.396 e. The fourth-order valence-electron chi connectivity index (χ4n) is 3.83. The van der Waals surface area contributed by atoms with Crippen LogP contribution in [0.5, 0.6) is 0 Å². The van der Waals surface area contributed by atoms with Gasteiger partial charge in [0.1, 0.15) is 24.2 Å². The van der Waals surface area contributed by atoms with Gasteiger partial charge < -0.3 is 20.2 Å². The van der Waals surface area contributed by atoms with Crippen molar-refractivity contribution in [2.75, 3.05) is 11.9 Å². The van der Waals surface area contributed by atoms with Crippen molar-refractivity contribution in [3.05, 3.63) is 52.4 Å². The highest BCUT2D eigenvalue weighted by molar-refractivity contribution is 6.36. The fraction of sp³-hybridized carbons (Fsp3) is 0.318. The molecule has 1 unspecified atom stereocenters. The molecule has 0 amide bonds. The SMILES string of the molecule is CCO/N=C1/c2c(F)c(-c3cccc4c(Cl)c[nH]c34)cc(C)c2NC(C)(C)C1O. The van der Waals surface area contributed by atoms with Gasteiger partial charge in [-0.05, 0) is 39.3 Å². The summed E-state index contributed by atoms with van der Waals surface area (Å²) in [6, 6.07) is 7.37. The Morgan fingerprint density at radius 2 is 2.07 bits per heavy atom. The number of halogens is 2. The Morgan fingerprint density at radius 1 is 1.31 bits per heavy atom. The van der Waals surface area contributed by atoms with Crippen molar-refractivity contribution in [2.24, 2.45) is 5.16 Å². The van der Waals surface area contributed by atoms with Crippen molar-refractivity contribution in [1.29, 1.82) is 0 Å². The van der Waals surface area contributed by atoms with E-state index in [9.17, 15) is 5.11 Å². The summed E-state index contributed by atoms with van der Waals surface area (Å²) in [7, 11) is 0. The number of aliphatic hydroxyl groups excluding tert-OH is 1. The lowest BCUT2D eigenvalue weighted by molar-refractivity contribution is 0.137. The number of H-pyrrole nitrogens is 1. The van der Waals surface area contributed by atoms with Crippen LogP contribution < -0.4 is 5.32 Å². The Kier molecular flexibility index (Phi) is 4.79. The summed E-state index contributed by atoms with van der Waals surface area (Å²) in [6.07, 6.45) is 0.649. The van der Waals surface area contributed by atoms with Crippen molar-refractivity contribution in [3.63, 3.8) is 0 Å². The molecule has 0 fully saturated rings. The lowest BCUT2D eigenvalue weighted by Gasteiger charge is -2.39. The number of aromatic nitrogens is 1. The number of rotatable bonds is 3. The monoisotopic (exact) mass is 415 g/mol. The van der Waals surface area contributed by atoms with Gasteiger partial charge in [-0.15, -0.1) is 0 Å². The number of anilines is 1. The number of nitrogens with one attached hydrogen (secondary N) is 2. The lowest BCUT2D eigenvalue weighted by Crippen LogP contribution is -2.52. The van der Waals surface area contributed by atoms with Gasteiger partial charge in [0.2, 0.25) is 0 Å². The fourth-order valence-corrected chi connectivity index (χ4v) is 4.05. The van der Waals surface area contributed by atoms with E-state index in [-0.39, 0.29) is 11.3 Å². The predicted octanol–water partition coefficient (Wildman–Crippen LogP) is 5.24. The second-order valence-electron chi connectivity index (χ2n) is 7.81. The van der Waals surface area contributed by atoms with Gasteiger partial charge in [0.15, 0.2) is 0 Å². The molecule has 0 bridgehead atoms. The third kappa shape index (κ3) is 3.07. The van der Waals surface area contributed by atoms with Crippen molar-refractivity contribution in [1.82, 2.24) is 4.98 Å². The summed E-state index contributed by atoms with van der Waals surface area (Å²) in [6.45, 7) is 7.70. The van der Waals surface area contributed by atoms with Crippen LogP contribution in [0.4, 0.5) is 10.1 Å². The first-order valence-corrected chi connectivity index (χ1v) is 9.89. The van der Waals surface area contributed by atoms with Gasteiger partial charge in [0.05, 0.1) is 21.6 Å². The maximum Gasteiger partial charge on any atom is 0.142 e. The first-order valence-electron chi connectivity index (χ1n) is 9.51. The average molecular weight is 416 g/mol. The molecule has 2 heterocycles. The number of aryl methyl sites for hydroxylation is 1. The molecule has 3 N–H and O–H groups in total. The number of aromatic amines is 1. The van der Waals surface area contributed by atoms with Crippen LogP contribution in [0.3, 0.4) is 0 Å². The highest BCUT2D eigenvalue weighted by atomic mass is 35.5. The second kappa shape index (κ2) is 7.04. The number of hydrogen-bond acceptors (Lipinski definition) is 4. The van der Waals surface area contributed by atoms with Gasteiger partial charge in [-0.1, -0.05) is 35.0 Å². The zero-order valence-electron chi connectivity index (χ0n) is 16.7. The maximum atomic E-state index is 15.9. The van der Waals surface area contributed by atoms with Crippen LogP contribution >= 0.6 is 11.6 Å². The van der Waals surface area contributed by atoms with Crippen molar-refractivity contribution < 1.29 is 14.3 Å². The molecule has 1 atom stereocenters. The standard InChI is InChI=1S/C22H23ClFN3O2/c1-5-29-27-20-16-17(24)14(9-11(2)18(16)26-22(3,4)21(20)28)12-7-6-8-13-15(23)10-25-19(12)13/h6-10,21,25-26,28H,5H2,1-4H3/b27-20-. The molecule has 152 valence electrons. The normalized spacial score (nSPS) is 19.3. The summed E-state index contributed by atoms with van der Waals surface area (Å²) in [4.78, 5) is 8.35. The van der Waals surface area contributed by atoms with E-state index in [0.717, 1.165) is 16.5 Å². The minimum atomic E-state index is -1.04. The summed E-state index contributed by atoms with van der Waals surface area (Å²) in [5, 5.41) is 19.6. The van der Waals surface area contributed by atoms with Gasteiger partial charge in [-0.2, -0.15) is 0 Å². The van der Waals surface area contributed by atoms with Gasteiger partial charge in [0.25, 0.3) is 0 Å². The minimum absolute atomic E-state index is 0.185. The molecule has 5 nitrogen and oxygen atoms in total. The summed E-state index contributed by atoms with van der Waals surface area (Å²) in [5.74, 6) is -0.468. The van der Waals surface area contributed by atoms with Crippen molar-refractivity contribution in [2.45, 2.75) is 39.3 Å². The summed E-state index contributed by atoms with van der Waals surface area (Å²) >= 11 is 6.25. The van der Waals surface area contributed by atoms with Gasteiger partial charge in [-0.25, -0.2) is 4.39 Å². The molecule has 0 saturated carbocycles. The Hall–Kier alpha value is -2.57. The molecule has 1 aliphatic rings. The number of nitrogens with zero attached hydrogens (tertiary/aromatic N) is 1. The third-order valence-corrected chi connectivity index (χ3v) is 5.67. The average Bonchev–Trinajstić information content (AvgIpc) is 3.06. The van der Waals surface area contributed by atoms with Crippen LogP contribution in [0.2, 0.25) is 5.02 Å². The first-order chi connectivity index (χ1) is 13.8. The Labute approximate surface area is 173 Å². The van der Waals surface area contributed by atoms with Crippen LogP contribution in [0.15, 0.2) is 35.6 Å². The van der Waals surface area contributed by atoms with Crippen molar-refractivity contribution >= 4 is 33.9 Å². The second-order valence-corrected chi connectivity index (χ2v) is 8.22. The number of hydrogen-bond donors (Lipinski definition) is 3. The molecule has 4 rings (SSSR count). The highest BCUT2D eigenvalue weighted by Crippen LogP contribution is 2.41. The molecule has 3 aromatic rings. The molecule has 0 aliphatic carbocycles. The number of aliphatic hydroxyl groups is 1. The van der Waals surface area contributed by atoms with Crippen LogP contribution in [0.1, 0.15) is 31.9 Å². The van der Waals surface area contributed by atoms with E-state index in [0.29, 0.717) is 28.4 Å². The molecule has 29 heavy (non-hydrogen) atoms. The van der Waals surface area contributed by atoms with E-state index < -0.39 is 17.5 Å². The van der Waals surface area contributed by atoms with E-state index in [1.165, 1.54) is 0 Å². The Balaban J connectivity index is 2.01. The van der Waals surface area contributed by atoms with E-state index >= 15 is 4.39 Å². The summed E-state index contributed by atoms with van der Waals surface area (Å²) < 4.78 is 15.9. The first kappa shape index (κ1) is 19.7. The van der Waals surface area contributed by atoms with Gasteiger partial charge in [-0.3, -0.25) is 0 Å². The number of oxime groups is 1. The van der Waals surface area contributed by atoms with E-state index in [2.05, 4.69) is 15.5 Å². The highest BCUT2D eigenvalue weighted by Gasteiger charge is 2.41. The lowest BCUT2D eigenvalue weighted by atomic mass is 9.82. The smallest absolute Gasteiger partial charge is 0.142 e. The van der Waals surface area contributed by atoms with Crippen LogP contribution in [-0.4, -0.2) is 34.1 Å². The third-order valence-electron chi connectivity index (χ3n) is 5.35. The number of fused-ring (bicyclic) bond motifs is 2. The zero-order chi connectivity index (χ0) is 20.9. The summed E-state index contributed by atoms with van der Waals surface area (Å²) in [5.41, 5.74) is 2.99. The van der Waals surface area contributed by atoms with Crippen LogP contribution in [-0.2, 0) is 4.84 Å². The van der Waals surface area contributed by atoms with Crippen LogP contribution in [0, 0.1) is 12.7 Å². The Bertz CT molecular complexity index is 1140. The predicted molar refractivity (Wildman–Crippen MR) is 115 cm³/mol. The van der Waals surface area contributed by atoms with E-state index in [1.807, 2.05) is 39.0 Å². The molecule has 7 heteroatoms. The van der Waals surface area contributed by atoms with E-state index in [1.54, 1.807) is 19.2 Å². The molecule has 2 aromatic carbocycles. The van der Waals surface area contributed by atoms with E-state index in [4.69, 9.17) is 16.4 Å². The topological polar surface area (TPSA) is 69.6 Å². The van der Waals surface area contributed by atoms with Crippen molar-refractivity contribution in [3.8, 4) is 11.1 Å². The zero-order valence-corrected chi connectivity index (χ0v) is 17.5. The Morgan fingerprint density at radius 3 is 2.79 bits per heavy atom. The molecule has 0 saturated heterocycles. The molecular formula is C22H23ClFN3O2. The van der Waals surface area contributed by atoms with Gasteiger partial charge in [0, 0.05) is 28.4 Å². The minimum Gasteiger partial charge on any atom is -0.396 e. The maximum absolute atomic E-state index is 15.9. The number of benzene rings is 2. The molecule has 1 aromatic heterocycles. The molecule has 0 radical (unpaired) electrons. The van der Waals surface area contributed by atoms with Crippen LogP contribution in [0.25, 0.3) is 22.0 Å². The quantitative estimate of drug-likeness (QED) is 0.512. The van der Waals surface area contributed by atoms with Gasteiger partial charge >= 0.3 is 0 Å².